The molecule has 1 heterocycles. The minimum Gasteiger partial charge on any atom is -0.368 e. The summed E-state index contributed by atoms with van der Waals surface area (Å²) in [5, 5.41) is 0. The summed E-state index contributed by atoms with van der Waals surface area (Å²) >= 11 is 0. The highest BCUT2D eigenvalue weighted by atomic mass is 19.1. The van der Waals surface area contributed by atoms with Gasteiger partial charge < -0.3 is 10.6 Å². The van der Waals surface area contributed by atoms with Crippen molar-refractivity contribution in [3.05, 3.63) is 29.6 Å². The van der Waals surface area contributed by atoms with E-state index in [1.54, 1.807) is 6.07 Å². The lowest BCUT2D eigenvalue weighted by molar-refractivity contribution is 0.418. The molecule has 0 unspecified atom stereocenters. The highest BCUT2D eigenvalue weighted by Gasteiger charge is 2.31. The third-order valence-electron chi connectivity index (χ3n) is 3.28. The van der Waals surface area contributed by atoms with Gasteiger partial charge in [0, 0.05) is 19.6 Å². The van der Waals surface area contributed by atoms with Gasteiger partial charge in [0.15, 0.2) is 0 Å². The Morgan fingerprint density at radius 3 is 2.75 bits per heavy atom. The van der Waals surface area contributed by atoms with Gasteiger partial charge >= 0.3 is 0 Å². The molecule has 1 aromatic carbocycles. The molecule has 16 heavy (non-hydrogen) atoms. The van der Waals surface area contributed by atoms with Gasteiger partial charge in [0.2, 0.25) is 0 Å². The van der Waals surface area contributed by atoms with Gasteiger partial charge in [0.1, 0.15) is 5.82 Å². The lowest BCUT2D eigenvalue weighted by atomic mass is 9.93. The third kappa shape index (κ3) is 2.05. The van der Waals surface area contributed by atoms with E-state index in [0.29, 0.717) is 12.2 Å². The Kier molecular flexibility index (Phi) is 2.89. The number of nitrogens with two attached hydrogens (primary N) is 1. The molecule has 0 amide bonds. The molecule has 0 saturated carbocycles. The highest BCUT2D eigenvalue weighted by Crippen LogP contribution is 2.35. The summed E-state index contributed by atoms with van der Waals surface area (Å²) in [6, 6.07) is 5.14. The fourth-order valence-corrected chi connectivity index (χ4v) is 2.38. The van der Waals surface area contributed by atoms with Crippen LogP contribution in [0.1, 0.15) is 25.8 Å². The van der Waals surface area contributed by atoms with Gasteiger partial charge in [-0.25, -0.2) is 4.39 Å². The third-order valence-corrected chi connectivity index (χ3v) is 3.28. The topological polar surface area (TPSA) is 29.3 Å². The average Bonchev–Trinajstić information content (AvgIpc) is 2.58. The van der Waals surface area contributed by atoms with Crippen LogP contribution in [0.2, 0.25) is 0 Å². The number of halogens is 1. The minimum atomic E-state index is -0.152. The molecular formula is C13H19FN2. The SMILES string of the molecule is CC1(C)CCN(c2c(F)cccc2CN)C1. The summed E-state index contributed by atoms with van der Waals surface area (Å²) in [5.74, 6) is -0.152. The van der Waals surface area contributed by atoms with Crippen LogP contribution >= 0.6 is 0 Å². The van der Waals surface area contributed by atoms with Crippen LogP contribution in [0.15, 0.2) is 18.2 Å². The molecule has 1 aliphatic rings. The number of hydrogen-bond donors (Lipinski definition) is 1. The van der Waals surface area contributed by atoms with Gasteiger partial charge in [0.25, 0.3) is 0 Å². The number of rotatable bonds is 2. The summed E-state index contributed by atoms with van der Waals surface area (Å²) in [4.78, 5) is 2.12. The number of para-hydroxylation sites is 1. The van der Waals surface area contributed by atoms with Crippen molar-refractivity contribution in [3.8, 4) is 0 Å². The van der Waals surface area contributed by atoms with Gasteiger partial charge in [0.05, 0.1) is 5.69 Å². The van der Waals surface area contributed by atoms with E-state index in [-0.39, 0.29) is 11.2 Å². The van der Waals surface area contributed by atoms with Gasteiger partial charge in [-0.05, 0) is 23.5 Å². The van der Waals surface area contributed by atoms with E-state index in [0.717, 1.165) is 25.1 Å². The molecule has 1 saturated heterocycles. The smallest absolute Gasteiger partial charge is 0.146 e. The van der Waals surface area contributed by atoms with Gasteiger partial charge in [-0.3, -0.25) is 0 Å². The second kappa shape index (κ2) is 4.06. The van der Waals surface area contributed by atoms with Crippen LogP contribution in [0.4, 0.5) is 10.1 Å². The van der Waals surface area contributed by atoms with E-state index in [2.05, 4.69) is 18.7 Å². The Bertz CT molecular complexity index is 388. The zero-order chi connectivity index (χ0) is 11.8. The summed E-state index contributed by atoms with van der Waals surface area (Å²) in [7, 11) is 0. The predicted molar refractivity (Wildman–Crippen MR) is 64.9 cm³/mol. The summed E-state index contributed by atoms with van der Waals surface area (Å²) in [6.07, 6.45) is 1.10. The monoisotopic (exact) mass is 222 g/mol. The first kappa shape index (κ1) is 11.4. The average molecular weight is 222 g/mol. The van der Waals surface area contributed by atoms with Gasteiger partial charge in [-0.15, -0.1) is 0 Å². The van der Waals surface area contributed by atoms with Crippen molar-refractivity contribution in [2.75, 3.05) is 18.0 Å². The van der Waals surface area contributed by atoms with E-state index in [9.17, 15) is 4.39 Å². The van der Waals surface area contributed by atoms with Crippen LogP contribution in [-0.4, -0.2) is 13.1 Å². The Balaban J connectivity index is 2.34. The van der Waals surface area contributed by atoms with Crippen molar-refractivity contribution in [3.63, 3.8) is 0 Å². The second-order valence-corrected chi connectivity index (χ2v) is 5.29. The maximum absolute atomic E-state index is 13.8. The highest BCUT2D eigenvalue weighted by molar-refractivity contribution is 5.55. The molecule has 0 bridgehead atoms. The van der Waals surface area contributed by atoms with E-state index in [1.807, 2.05) is 6.07 Å². The van der Waals surface area contributed by atoms with E-state index in [4.69, 9.17) is 5.73 Å². The molecule has 3 heteroatoms. The van der Waals surface area contributed by atoms with Crippen molar-refractivity contribution in [2.45, 2.75) is 26.8 Å². The van der Waals surface area contributed by atoms with Crippen LogP contribution in [0, 0.1) is 11.2 Å². The summed E-state index contributed by atoms with van der Waals surface area (Å²) in [6.45, 7) is 6.65. The molecule has 0 spiro atoms. The Hall–Kier alpha value is -1.09. The maximum Gasteiger partial charge on any atom is 0.146 e. The molecule has 0 radical (unpaired) electrons. The fourth-order valence-electron chi connectivity index (χ4n) is 2.38. The molecule has 2 rings (SSSR count). The first-order chi connectivity index (χ1) is 7.53. The zero-order valence-corrected chi connectivity index (χ0v) is 9.96. The zero-order valence-electron chi connectivity index (χ0n) is 9.96. The van der Waals surface area contributed by atoms with E-state index >= 15 is 0 Å². The number of benzene rings is 1. The standard InChI is InChI=1S/C13H19FN2/c1-13(2)6-7-16(9-13)12-10(8-15)4-3-5-11(12)14/h3-5H,6-9,15H2,1-2H3. The van der Waals surface area contributed by atoms with Gasteiger partial charge in [-0.2, -0.15) is 0 Å². The van der Waals surface area contributed by atoms with Crippen LogP contribution in [-0.2, 0) is 6.54 Å². The second-order valence-electron chi connectivity index (χ2n) is 5.29. The number of nitrogens with zero attached hydrogens (tertiary/aromatic N) is 1. The van der Waals surface area contributed by atoms with Crippen LogP contribution in [0.25, 0.3) is 0 Å². The Labute approximate surface area is 96.2 Å². The predicted octanol–water partition coefficient (Wildman–Crippen LogP) is 2.52. The lowest BCUT2D eigenvalue weighted by Crippen LogP contribution is -2.25. The largest absolute Gasteiger partial charge is 0.368 e. The molecule has 0 atom stereocenters. The van der Waals surface area contributed by atoms with Crippen LogP contribution in [0.5, 0.6) is 0 Å². The molecule has 1 aromatic rings. The van der Waals surface area contributed by atoms with Crippen molar-refractivity contribution >= 4 is 5.69 Å². The molecule has 0 aliphatic carbocycles. The Morgan fingerprint density at radius 2 is 2.19 bits per heavy atom. The van der Waals surface area contributed by atoms with Crippen molar-refractivity contribution in [1.82, 2.24) is 0 Å². The normalized spacial score (nSPS) is 19.1. The van der Waals surface area contributed by atoms with Crippen molar-refractivity contribution in [1.29, 1.82) is 0 Å². The molecule has 0 aromatic heterocycles. The molecule has 2 N–H and O–H groups in total. The maximum atomic E-state index is 13.8. The molecule has 1 aliphatic heterocycles. The fraction of sp³-hybridized carbons (Fsp3) is 0.538. The lowest BCUT2D eigenvalue weighted by Gasteiger charge is -2.24. The van der Waals surface area contributed by atoms with Crippen LogP contribution < -0.4 is 10.6 Å². The quantitative estimate of drug-likeness (QED) is 0.833. The minimum absolute atomic E-state index is 0.152. The van der Waals surface area contributed by atoms with E-state index < -0.39 is 0 Å². The van der Waals surface area contributed by atoms with Gasteiger partial charge in [-0.1, -0.05) is 26.0 Å². The van der Waals surface area contributed by atoms with Crippen molar-refractivity contribution < 1.29 is 4.39 Å². The summed E-state index contributed by atoms with van der Waals surface area (Å²) < 4.78 is 13.8. The van der Waals surface area contributed by atoms with E-state index in [1.165, 1.54) is 6.07 Å². The first-order valence-corrected chi connectivity index (χ1v) is 5.76. The van der Waals surface area contributed by atoms with Crippen molar-refractivity contribution in [2.24, 2.45) is 11.1 Å². The Morgan fingerprint density at radius 1 is 1.44 bits per heavy atom. The number of hydrogen-bond acceptors (Lipinski definition) is 2. The summed E-state index contributed by atoms with van der Waals surface area (Å²) in [5.41, 5.74) is 7.54. The first-order valence-electron chi connectivity index (χ1n) is 5.76. The molecular weight excluding hydrogens is 203 g/mol. The van der Waals surface area contributed by atoms with Crippen LogP contribution in [0.3, 0.4) is 0 Å². The molecule has 88 valence electrons. The number of anilines is 1. The molecule has 2 nitrogen and oxygen atoms in total. The molecule has 1 fully saturated rings.